The van der Waals surface area contributed by atoms with E-state index in [-0.39, 0.29) is 12.5 Å². The molecule has 0 atom stereocenters. The number of ether oxygens (including phenoxy) is 2. The monoisotopic (exact) mass is 528 g/mol. The topological polar surface area (TPSA) is 78.3 Å². The average Bonchev–Trinajstić information content (AvgIpc) is 3.28. The molecule has 1 heterocycles. The number of hydrogen-bond acceptors (Lipinski definition) is 6. The highest BCUT2D eigenvalue weighted by Crippen LogP contribution is 2.31. The maximum Gasteiger partial charge on any atom is 0.259 e. The third kappa shape index (κ3) is 5.73. The highest BCUT2D eigenvalue weighted by Gasteiger charge is 2.21. The largest absolute Gasteiger partial charge is 0.496 e. The number of hydrogen-bond donors (Lipinski definition) is 1. The molecule has 4 rings (SSSR count). The SMILES string of the molecule is COc1cccc(OC)c1C(=O)NCc1nnc(SCc2ccccc2)n1-c1ccc(Cl)cc1Cl. The van der Waals surface area contributed by atoms with E-state index in [1.807, 2.05) is 34.9 Å². The number of aromatic nitrogens is 3. The fraction of sp³-hybridized carbons (Fsp3) is 0.160. The van der Waals surface area contributed by atoms with Gasteiger partial charge < -0.3 is 14.8 Å². The molecule has 35 heavy (non-hydrogen) atoms. The summed E-state index contributed by atoms with van der Waals surface area (Å²) in [6, 6.07) is 20.4. The van der Waals surface area contributed by atoms with Gasteiger partial charge in [0.05, 0.1) is 31.5 Å². The van der Waals surface area contributed by atoms with Crippen LogP contribution < -0.4 is 14.8 Å². The molecule has 0 aliphatic heterocycles. The number of methoxy groups -OCH3 is 2. The Labute approximate surface area is 217 Å². The molecule has 1 amide bonds. The van der Waals surface area contributed by atoms with Crippen LogP contribution in [0.3, 0.4) is 0 Å². The maximum atomic E-state index is 13.1. The average molecular weight is 529 g/mol. The molecule has 0 bridgehead atoms. The summed E-state index contributed by atoms with van der Waals surface area (Å²) < 4.78 is 12.5. The molecule has 1 N–H and O–H groups in total. The van der Waals surface area contributed by atoms with Gasteiger partial charge in [-0.2, -0.15) is 0 Å². The second-order valence-electron chi connectivity index (χ2n) is 7.32. The third-order valence-electron chi connectivity index (χ3n) is 5.12. The van der Waals surface area contributed by atoms with Gasteiger partial charge >= 0.3 is 0 Å². The number of carbonyl (C=O) groups excluding carboxylic acids is 1. The number of thioether (sulfide) groups is 1. The first-order valence-electron chi connectivity index (χ1n) is 10.6. The van der Waals surface area contributed by atoms with E-state index in [0.29, 0.717) is 49.5 Å². The van der Waals surface area contributed by atoms with E-state index in [9.17, 15) is 4.79 Å². The smallest absolute Gasteiger partial charge is 0.259 e. The molecule has 1 aromatic heterocycles. The fourth-order valence-corrected chi connectivity index (χ4v) is 4.87. The van der Waals surface area contributed by atoms with Crippen LogP contribution in [-0.2, 0) is 12.3 Å². The summed E-state index contributed by atoms with van der Waals surface area (Å²) in [6.07, 6.45) is 0. The van der Waals surface area contributed by atoms with Crippen LogP contribution in [0.15, 0.2) is 71.9 Å². The van der Waals surface area contributed by atoms with Gasteiger partial charge in [0.2, 0.25) is 0 Å². The zero-order chi connectivity index (χ0) is 24.8. The molecule has 10 heteroatoms. The quantitative estimate of drug-likeness (QED) is 0.276. The van der Waals surface area contributed by atoms with E-state index < -0.39 is 0 Å². The first-order chi connectivity index (χ1) is 17.0. The number of benzene rings is 3. The van der Waals surface area contributed by atoms with E-state index in [4.69, 9.17) is 32.7 Å². The Balaban J connectivity index is 1.63. The van der Waals surface area contributed by atoms with Gasteiger partial charge in [0, 0.05) is 10.8 Å². The van der Waals surface area contributed by atoms with Crippen LogP contribution in [0.25, 0.3) is 5.69 Å². The van der Waals surface area contributed by atoms with Crippen molar-refractivity contribution >= 4 is 40.9 Å². The van der Waals surface area contributed by atoms with Crippen LogP contribution in [0.5, 0.6) is 11.5 Å². The molecule has 0 saturated carbocycles. The zero-order valence-corrected chi connectivity index (χ0v) is 21.3. The normalized spacial score (nSPS) is 10.7. The Bertz CT molecular complexity index is 1310. The van der Waals surface area contributed by atoms with Crippen molar-refractivity contribution < 1.29 is 14.3 Å². The van der Waals surface area contributed by atoms with Crippen LogP contribution in [-0.4, -0.2) is 34.9 Å². The van der Waals surface area contributed by atoms with Gasteiger partial charge in [0.25, 0.3) is 5.91 Å². The lowest BCUT2D eigenvalue weighted by Crippen LogP contribution is -2.25. The second-order valence-corrected chi connectivity index (χ2v) is 9.11. The van der Waals surface area contributed by atoms with Crippen molar-refractivity contribution in [1.29, 1.82) is 0 Å². The lowest BCUT2D eigenvalue weighted by molar-refractivity contribution is 0.0943. The molecule has 180 valence electrons. The number of rotatable bonds is 9. The third-order valence-corrected chi connectivity index (χ3v) is 6.66. The lowest BCUT2D eigenvalue weighted by atomic mass is 10.1. The summed E-state index contributed by atoms with van der Waals surface area (Å²) in [5.41, 5.74) is 2.11. The van der Waals surface area contributed by atoms with Crippen molar-refractivity contribution in [3.8, 4) is 17.2 Å². The predicted molar refractivity (Wildman–Crippen MR) is 138 cm³/mol. The van der Waals surface area contributed by atoms with Crippen LogP contribution in [0.1, 0.15) is 21.7 Å². The van der Waals surface area contributed by atoms with Crippen molar-refractivity contribution in [3.05, 3.63) is 93.7 Å². The van der Waals surface area contributed by atoms with Gasteiger partial charge in [-0.25, -0.2) is 0 Å². The fourth-order valence-electron chi connectivity index (χ4n) is 3.46. The van der Waals surface area contributed by atoms with Crippen molar-refractivity contribution in [1.82, 2.24) is 20.1 Å². The summed E-state index contributed by atoms with van der Waals surface area (Å²) in [7, 11) is 3.00. The zero-order valence-electron chi connectivity index (χ0n) is 19.0. The van der Waals surface area contributed by atoms with Crippen LogP contribution in [0, 0.1) is 0 Å². The molecule has 0 aliphatic carbocycles. The van der Waals surface area contributed by atoms with E-state index in [1.54, 1.807) is 36.4 Å². The summed E-state index contributed by atoms with van der Waals surface area (Å²) in [5.74, 6) is 1.64. The molecule has 3 aromatic carbocycles. The molecule has 0 saturated heterocycles. The molecule has 0 spiro atoms. The minimum atomic E-state index is -0.366. The lowest BCUT2D eigenvalue weighted by Gasteiger charge is -2.14. The molecule has 7 nitrogen and oxygen atoms in total. The first-order valence-corrected chi connectivity index (χ1v) is 12.3. The molecular weight excluding hydrogens is 507 g/mol. The summed E-state index contributed by atoms with van der Waals surface area (Å²) in [5, 5.41) is 13.2. The molecular formula is C25H22Cl2N4O3S. The van der Waals surface area contributed by atoms with Crippen LogP contribution in [0.2, 0.25) is 10.0 Å². The van der Waals surface area contributed by atoms with Crippen LogP contribution >= 0.6 is 35.0 Å². The van der Waals surface area contributed by atoms with Gasteiger partial charge in [0.1, 0.15) is 17.1 Å². The summed E-state index contributed by atoms with van der Waals surface area (Å²) in [4.78, 5) is 13.1. The standard InChI is InChI=1S/C25H22Cl2N4O3S/c1-33-20-9-6-10-21(34-2)23(20)24(32)28-14-22-29-30-25(35-15-16-7-4-3-5-8-16)31(22)19-12-11-17(26)13-18(19)27/h3-13H,14-15H2,1-2H3,(H,28,32). The minimum Gasteiger partial charge on any atom is -0.496 e. The first kappa shape index (κ1) is 24.9. The summed E-state index contributed by atoms with van der Waals surface area (Å²) in [6.45, 7) is 0.0951. The maximum absolute atomic E-state index is 13.1. The van der Waals surface area contributed by atoms with Gasteiger partial charge in [-0.15, -0.1) is 10.2 Å². The molecule has 0 fully saturated rings. The Kier molecular flexibility index (Phi) is 8.17. The Hall–Kier alpha value is -3.20. The molecule has 0 radical (unpaired) electrons. The van der Waals surface area contributed by atoms with Gasteiger partial charge in [-0.05, 0) is 35.9 Å². The molecule has 0 unspecified atom stereocenters. The van der Waals surface area contributed by atoms with Crippen LogP contribution in [0.4, 0.5) is 0 Å². The Morgan fingerprint density at radius 1 is 0.971 bits per heavy atom. The predicted octanol–water partition coefficient (Wildman–Crippen LogP) is 5.81. The number of halogens is 2. The van der Waals surface area contributed by atoms with E-state index in [1.165, 1.54) is 26.0 Å². The number of nitrogens with one attached hydrogen (secondary N) is 1. The van der Waals surface area contributed by atoms with E-state index in [2.05, 4.69) is 15.5 Å². The minimum absolute atomic E-state index is 0.0951. The molecule has 4 aromatic rings. The van der Waals surface area contributed by atoms with Crippen molar-refractivity contribution in [3.63, 3.8) is 0 Å². The van der Waals surface area contributed by atoms with Gasteiger partial charge in [0.15, 0.2) is 11.0 Å². The Morgan fingerprint density at radius 3 is 2.34 bits per heavy atom. The number of amides is 1. The van der Waals surface area contributed by atoms with Gasteiger partial charge in [-0.1, -0.05) is 71.4 Å². The second kappa shape index (κ2) is 11.5. The number of carbonyl (C=O) groups is 1. The van der Waals surface area contributed by atoms with Crippen molar-refractivity contribution in [2.24, 2.45) is 0 Å². The highest BCUT2D eigenvalue weighted by atomic mass is 35.5. The number of nitrogens with zero attached hydrogens (tertiary/aromatic N) is 3. The van der Waals surface area contributed by atoms with E-state index in [0.717, 1.165) is 5.56 Å². The van der Waals surface area contributed by atoms with Crippen molar-refractivity contribution in [2.75, 3.05) is 14.2 Å². The molecule has 0 aliphatic rings. The summed E-state index contributed by atoms with van der Waals surface area (Å²) >= 11 is 14.2. The highest BCUT2D eigenvalue weighted by molar-refractivity contribution is 7.98. The van der Waals surface area contributed by atoms with Crippen molar-refractivity contribution in [2.45, 2.75) is 17.5 Å². The van der Waals surface area contributed by atoms with Gasteiger partial charge in [-0.3, -0.25) is 9.36 Å². The van der Waals surface area contributed by atoms with E-state index >= 15 is 0 Å². The Morgan fingerprint density at radius 2 is 1.69 bits per heavy atom.